The summed E-state index contributed by atoms with van der Waals surface area (Å²) >= 11 is 12.4. The molecule has 0 bridgehead atoms. The molecule has 0 radical (unpaired) electrons. The van der Waals surface area contributed by atoms with Gasteiger partial charge in [-0.3, -0.25) is 15.0 Å². The molecule has 8 rings (SSSR count). The van der Waals surface area contributed by atoms with Crippen LogP contribution in [-0.2, 0) is 39.3 Å². The molecule has 58 heavy (non-hydrogen) atoms. The van der Waals surface area contributed by atoms with Crippen LogP contribution < -0.4 is 10.6 Å². The highest BCUT2D eigenvalue weighted by molar-refractivity contribution is 6.35. The molecule has 0 saturated heterocycles. The number of nitrogens with zero attached hydrogens (tertiary/aromatic N) is 2. The van der Waals surface area contributed by atoms with Gasteiger partial charge in [0.15, 0.2) is 0 Å². The van der Waals surface area contributed by atoms with Crippen molar-refractivity contribution < 1.29 is 4.79 Å². The van der Waals surface area contributed by atoms with E-state index in [0.717, 1.165) is 55.5 Å². The summed E-state index contributed by atoms with van der Waals surface area (Å²) in [5, 5.41) is 23.9. The fourth-order valence-corrected chi connectivity index (χ4v) is 7.47. The van der Waals surface area contributed by atoms with Gasteiger partial charge < -0.3 is 10.6 Å². The Balaban J connectivity index is 0.000000147. The normalized spacial score (nSPS) is 13.7. The summed E-state index contributed by atoms with van der Waals surface area (Å²) < 4.78 is 0. The van der Waals surface area contributed by atoms with Gasteiger partial charge in [-0.1, -0.05) is 137 Å². The highest BCUT2D eigenvalue weighted by Crippen LogP contribution is 2.38. The Hall–Kier alpha value is -4.59. The van der Waals surface area contributed by atoms with E-state index in [1.165, 1.54) is 44.3 Å². The van der Waals surface area contributed by atoms with Gasteiger partial charge >= 0.3 is 0 Å². The topological polar surface area (TPSA) is 98.5 Å². The molecule has 0 fully saturated rings. The molecule has 4 heterocycles. The lowest BCUT2D eigenvalue weighted by Crippen LogP contribution is -2.11. The molecular weight excluding hydrogens is 759 g/mol. The lowest BCUT2D eigenvalue weighted by molar-refractivity contribution is -0.115. The number of H-pyrrole nitrogens is 2. The van der Waals surface area contributed by atoms with Crippen molar-refractivity contribution in [1.82, 2.24) is 20.4 Å². The Morgan fingerprint density at radius 2 is 0.966 bits per heavy atom. The number of allylic oxidation sites excluding steroid dienone is 1. The zero-order chi connectivity index (χ0) is 43.1. The van der Waals surface area contributed by atoms with Crippen LogP contribution in [0, 0.1) is 13.8 Å². The third kappa shape index (κ3) is 10.5. The SMILES string of the molecule is C=C1Cc2cc(C(C)(C)C)cc(Cl)c2N1.CC(C)(C)c1cc(Cl)c2[nH]ncc2c1.Cc1cc(C(C)(C)C)cc2c1NC(=O)C2.Cc1cc(C(C)(C)C)cc2cn[nH]c12. The first-order chi connectivity index (χ1) is 26.7. The highest BCUT2D eigenvalue weighted by atomic mass is 35.5. The van der Waals surface area contributed by atoms with E-state index in [2.05, 4.69) is 171 Å². The smallest absolute Gasteiger partial charge is 0.228 e. The summed E-state index contributed by atoms with van der Waals surface area (Å²) in [6.07, 6.45) is 5.10. The number of nitrogens with one attached hydrogen (secondary N) is 4. The molecule has 308 valence electrons. The van der Waals surface area contributed by atoms with Gasteiger partial charge in [-0.05, 0) is 104 Å². The molecule has 2 aromatic heterocycles. The Labute approximate surface area is 355 Å². The maximum atomic E-state index is 11.3. The number of anilines is 2. The molecule has 4 aromatic carbocycles. The number of aromatic nitrogens is 4. The van der Waals surface area contributed by atoms with Gasteiger partial charge in [0.2, 0.25) is 5.91 Å². The largest absolute Gasteiger partial charge is 0.358 e. The third-order valence-corrected chi connectivity index (χ3v) is 11.2. The van der Waals surface area contributed by atoms with E-state index in [9.17, 15) is 4.79 Å². The number of rotatable bonds is 0. The van der Waals surface area contributed by atoms with Crippen molar-refractivity contribution in [2.45, 2.75) is 131 Å². The minimum absolute atomic E-state index is 0.110. The van der Waals surface area contributed by atoms with Gasteiger partial charge in [0.1, 0.15) is 0 Å². The molecule has 4 N–H and O–H groups in total. The molecule has 0 atom stereocenters. The summed E-state index contributed by atoms with van der Waals surface area (Å²) in [4.78, 5) is 11.3. The molecular formula is C49H62Cl2N6O. The van der Waals surface area contributed by atoms with Crippen LogP contribution in [0.1, 0.15) is 128 Å². The first-order valence-electron chi connectivity index (χ1n) is 20.0. The molecule has 0 spiro atoms. The molecule has 0 unspecified atom stereocenters. The predicted molar refractivity (Wildman–Crippen MR) is 248 cm³/mol. The van der Waals surface area contributed by atoms with Crippen molar-refractivity contribution in [3.05, 3.63) is 128 Å². The van der Waals surface area contributed by atoms with Gasteiger partial charge in [0.05, 0.1) is 45.6 Å². The Bertz CT molecular complexity index is 2300. The lowest BCUT2D eigenvalue weighted by atomic mass is 9.84. The van der Waals surface area contributed by atoms with Crippen LogP contribution >= 0.6 is 23.2 Å². The summed E-state index contributed by atoms with van der Waals surface area (Å²) in [6.45, 7) is 34.5. The van der Waals surface area contributed by atoms with E-state index >= 15 is 0 Å². The number of hydrogen-bond acceptors (Lipinski definition) is 4. The fraction of sp³-hybridized carbons (Fsp3) is 0.408. The number of carbonyl (C=O) groups excluding carboxylic acids is 1. The van der Waals surface area contributed by atoms with Gasteiger partial charge in [-0.15, -0.1) is 0 Å². The molecule has 2 aliphatic heterocycles. The second kappa shape index (κ2) is 16.6. The number of aromatic amines is 2. The van der Waals surface area contributed by atoms with Crippen LogP contribution in [0.25, 0.3) is 21.8 Å². The van der Waals surface area contributed by atoms with Gasteiger partial charge in [0.25, 0.3) is 0 Å². The van der Waals surface area contributed by atoms with Gasteiger partial charge in [-0.2, -0.15) is 10.2 Å². The van der Waals surface area contributed by atoms with Crippen LogP contribution in [0.4, 0.5) is 11.4 Å². The van der Waals surface area contributed by atoms with Crippen LogP contribution in [0.2, 0.25) is 10.0 Å². The van der Waals surface area contributed by atoms with Crippen molar-refractivity contribution in [2.75, 3.05) is 10.6 Å². The van der Waals surface area contributed by atoms with E-state index in [4.69, 9.17) is 23.2 Å². The Morgan fingerprint density at radius 3 is 1.52 bits per heavy atom. The number of amides is 1. The van der Waals surface area contributed by atoms with Crippen LogP contribution in [0.5, 0.6) is 0 Å². The highest BCUT2D eigenvalue weighted by Gasteiger charge is 2.24. The average Bonchev–Trinajstić information content (AvgIpc) is 3.90. The van der Waals surface area contributed by atoms with Crippen molar-refractivity contribution in [3.8, 4) is 0 Å². The number of benzene rings is 4. The monoisotopic (exact) mass is 820 g/mol. The maximum Gasteiger partial charge on any atom is 0.228 e. The van der Waals surface area contributed by atoms with Gasteiger partial charge in [-0.25, -0.2) is 0 Å². The number of fused-ring (bicyclic) bond motifs is 4. The second-order valence-corrected chi connectivity index (χ2v) is 20.7. The van der Waals surface area contributed by atoms with Crippen molar-refractivity contribution in [1.29, 1.82) is 0 Å². The molecule has 6 aromatic rings. The van der Waals surface area contributed by atoms with E-state index in [-0.39, 0.29) is 27.6 Å². The first-order valence-corrected chi connectivity index (χ1v) is 20.8. The number of aryl methyl sites for hydroxylation is 2. The van der Waals surface area contributed by atoms with E-state index in [1.807, 2.05) is 18.3 Å². The minimum atomic E-state index is 0.110. The fourth-order valence-electron chi connectivity index (χ4n) is 6.91. The van der Waals surface area contributed by atoms with Gasteiger partial charge in [0, 0.05) is 28.6 Å². The quantitative estimate of drug-likeness (QED) is 0.123. The first kappa shape index (κ1) is 44.5. The van der Waals surface area contributed by atoms with E-state index in [0.29, 0.717) is 6.42 Å². The van der Waals surface area contributed by atoms with Crippen molar-refractivity contribution in [2.24, 2.45) is 0 Å². The van der Waals surface area contributed by atoms with E-state index < -0.39 is 0 Å². The average molecular weight is 822 g/mol. The lowest BCUT2D eigenvalue weighted by Gasteiger charge is -2.21. The molecule has 0 saturated carbocycles. The molecule has 0 aliphatic carbocycles. The van der Waals surface area contributed by atoms with Crippen molar-refractivity contribution in [3.63, 3.8) is 0 Å². The minimum Gasteiger partial charge on any atom is -0.358 e. The standard InChI is InChI=1S/C13H16ClN.C13H17NO.C12H16N2.C11H13ClN2/c1-8-5-9-6-10(13(2,3)4)7-11(14)12(9)15-8;1-8-5-10(13(2,3)4)6-9-7-11(15)14-12(8)9;1-8-5-10(12(2,3)4)6-9-7-13-14-11(8)9;1-11(2,3)8-4-7-6-13-14-10(7)9(12)5-8/h6-7,15H,1,5H2,2-4H3;5-6H,7H2,1-4H3,(H,14,15);5-7H,1-4H3,(H,13,14);4-6H,1-3H3,(H,13,14). The Kier molecular flexibility index (Phi) is 12.7. The predicted octanol–water partition coefficient (Wildman–Crippen LogP) is 13.6. The summed E-state index contributed by atoms with van der Waals surface area (Å²) in [6, 6.07) is 17.2. The summed E-state index contributed by atoms with van der Waals surface area (Å²) in [5.74, 6) is 0.110. The van der Waals surface area contributed by atoms with Crippen LogP contribution in [-0.4, -0.2) is 26.3 Å². The summed E-state index contributed by atoms with van der Waals surface area (Å²) in [5.41, 5.74) is 15.8. The van der Waals surface area contributed by atoms with Crippen molar-refractivity contribution >= 4 is 62.3 Å². The maximum absolute atomic E-state index is 11.3. The third-order valence-electron chi connectivity index (χ3n) is 10.6. The van der Waals surface area contributed by atoms with Crippen LogP contribution in [0.3, 0.4) is 0 Å². The second-order valence-electron chi connectivity index (χ2n) is 19.9. The Morgan fingerprint density at radius 1 is 0.534 bits per heavy atom. The molecule has 2 aliphatic rings. The number of hydrogen-bond donors (Lipinski definition) is 4. The molecule has 9 heteroatoms. The zero-order valence-corrected chi connectivity index (χ0v) is 38.5. The number of carbonyl (C=O) groups is 1. The van der Waals surface area contributed by atoms with E-state index in [1.54, 1.807) is 6.20 Å². The molecule has 1 amide bonds. The molecule has 7 nitrogen and oxygen atoms in total. The van der Waals surface area contributed by atoms with Crippen LogP contribution in [0.15, 0.2) is 73.2 Å². The summed E-state index contributed by atoms with van der Waals surface area (Å²) in [7, 11) is 0. The zero-order valence-electron chi connectivity index (χ0n) is 37.0. The number of halogens is 2.